The Hall–Kier alpha value is -2.29. The van der Waals surface area contributed by atoms with Gasteiger partial charge in [-0.15, -0.1) is 0 Å². The van der Waals surface area contributed by atoms with E-state index < -0.39 is 20.0 Å². The number of hydrogen-bond donors (Lipinski definition) is 2. The number of rotatable bonds is 59. The summed E-state index contributed by atoms with van der Waals surface area (Å²) in [5.74, 6) is -0.508. The number of carbonyl (C=O) groups is 2. The monoisotopic (exact) mass is 1100 g/mol. The number of unbranched alkanes of at least 4 members (excludes halogenated alkanes) is 35. The van der Waals surface area contributed by atoms with Gasteiger partial charge in [0.05, 0.1) is 33.8 Å². The van der Waals surface area contributed by atoms with E-state index in [4.69, 9.17) is 13.8 Å². The lowest BCUT2D eigenvalue weighted by Gasteiger charge is -2.27. The summed E-state index contributed by atoms with van der Waals surface area (Å²) in [6.07, 6.45) is 72.2. The Kier molecular flexibility index (Phi) is 55.3. The van der Waals surface area contributed by atoms with E-state index in [0.717, 1.165) is 83.5 Å². The third-order valence-corrected chi connectivity index (χ3v) is 15.4. The molecule has 0 aromatic carbocycles. The predicted molar refractivity (Wildman–Crippen MR) is 332 cm³/mol. The Morgan fingerprint density at radius 2 is 0.792 bits per heavy atom. The molecule has 3 unspecified atom stereocenters. The Morgan fingerprint density at radius 3 is 1.19 bits per heavy atom. The van der Waals surface area contributed by atoms with Crippen molar-refractivity contribution in [1.82, 2.24) is 5.32 Å². The van der Waals surface area contributed by atoms with Gasteiger partial charge in [-0.2, -0.15) is 0 Å². The van der Waals surface area contributed by atoms with Crippen LogP contribution in [-0.4, -0.2) is 74.3 Å². The average molecular weight is 1100 g/mol. The number of allylic oxidation sites excluding steroid dienone is 9. The van der Waals surface area contributed by atoms with Gasteiger partial charge in [-0.3, -0.25) is 18.6 Å². The second kappa shape index (κ2) is 57.0. The van der Waals surface area contributed by atoms with E-state index in [1.54, 1.807) is 0 Å². The van der Waals surface area contributed by atoms with Crippen molar-refractivity contribution in [3.63, 3.8) is 0 Å². The fourth-order valence-corrected chi connectivity index (χ4v) is 10.1. The van der Waals surface area contributed by atoms with Crippen LogP contribution in [0.3, 0.4) is 0 Å². The van der Waals surface area contributed by atoms with E-state index in [2.05, 4.69) is 74.7 Å². The summed E-state index contributed by atoms with van der Waals surface area (Å²) in [6.45, 7) is 6.97. The molecule has 1 amide bonds. The first-order valence-electron chi connectivity index (χ1n) is 32.6. The second-order valence-corrected chi connectivity index (χ2v) is 24.7. The van der Waals surface area contributed by atoms with Crippen molar-refractivity contribution < 1.29 is 37.3 Å². The Balaban J connectivity index is 5.12. The van der Waals surface area contributed by atoms with E-state index in [9.17, 15) is 19.0 Å². The number of phosphoric acid groups is 1. The maximum atomic E-state index is 13.5. The smallest absolute Gasteiger partial charge is 0.456 e. The van der Waals surface area contributed by atoms with Gasteiger partial charge in [0.1, 0.15) is 19.3 Å². The topological polar surface area (TPSA) is 111 Å². The van der Waals surface area contributed by atoms with E-state index in [1.807, 2.05) is 33.3 Å². The minimum atomic E-state index is -4.45. The van der Waals surface area contributed by atoms with E-state index in [-0.39, 0.29) is 31.5 Å². The van der Waals surface area contributed by atoms with Crippen LogP contribution < -0.4 is 5.32 Å². The highest BCUT2D eigenvalue weighted by molar-refractivity contribution is 7.47. The molecule has 10 heteroatoms. The molecule has 0 saturated carbocycles. The number of phosphoric ester groups is 1. The van der Waals surface area contributed by atoms with Crippen LogP contribution in [0.2, 0.25) is 0 Å². The van der Waals surface area contributed by atoms with Crippen molar-refractivity contribution in [2.45, 2.75) is 315 Å². The first-order valence-corrected chi connectivity index (χ1v) is 34.1. The molecule has 450 valence electrons. The highest BCUT2D eigenvalue weighted by Crippen LogP contribution is 2.43. The molecule has 3 atom stereocenters. The first kappa shape index (κ1) is 74.7. The Labute approximate surface area is 477 Å². The molecule has 0 aromatic heterocycles. The van der Waals surface area contributed by atoms with Gasteiger partial charge in [-0.25, -0.2) is 4.57 Å². The number of likely N-dealkylation sites (N-methyl/N-ethyl adjacent to an activating group) is 1. The van der Waals surface area contributed by atoms with Crippen molar-refractivity contribution in [2.75, 3.05) is 40.9 Å². The number of nitrogens with zero attached hydrogens (tertiary/aromatic N) is 1. The number of nitrogens with one attached hydrogen (secondary N) is 1. The Bertz CT molecular complexity index is 1500. The molecule has 0 aromatic rings. The Morgan fingerprint density at radius 1 is 0.455 bits per heavy atom. The van der Waals surface area contributed by atoms with Crippen molar-refractivity contribution in [3.05, 3.63) is 60.8 Å². The van der Waals surface area contributed by atoms with Gasteiger partial charge in [-0.05, 0) is 96.0 Å². The number of ether oxygens (including phenoxy) is 1. The number of carbonyl (C=O) groups excluding carboxylic acids is 2. The zero-order chi connectivity index (χ0) is 56.4. The number of quaternary nitrogens is 1. The van der Waals surface area contributed by atoms with E-state index in [0.29, 0.717) is 17.4 Å². The zero-order valence-electron chi connectivity index (χ0n) is 51.5. The third kappa shape index (κ3) is 58.2. The molecule has 2 N–H and O–H groups in total. The van der Waals surface area contributed by atoms with Gasteiger partial charge < -0.3 is 19.4 Å². The van der Waals surface area contributed by atoms with E-state index in [1.165, 1.54) is 186 Å². The minimum absolute atomic E-state index is 0.0380. The molecular formula is C67H126N2O7P+. The van der Waals surface area contributed by atoms with Crippen LogP contribution in [0.4, 0.5) is 0 Å². The summed E-state index contributed by atoms with van der Waals surface area (Å²) in [4.78, 5) is 37.7. The number of amides is 1. The SMILES string of the molecule is CCCCC/C=C\C/C=C\CCCCCCCCCCCCCCCC(=O)OC(/C=C\CCCCCCCCCCC)C(COP(=O)(O)OCC[N+](C)(C)C)NC(=O)CCCCCCCCC/C=C\C/C=C\CCCCC. The summed E-state index contributed by atoms with van der Waals surface area (Å²) in [5.41, 5.74) is 0. The lowest BCUT2D eigenvalue weighted by molar-refractivity contribution is -0.870. The van der Waals surface area contributed by atoms with Gasteiger partial charge in [-0.1, -0.05) is 255 Å². The molecule has 0 rings (SSSR count). The summed E-state index contributed by atoms with van der Waals surface area (Å²) < 4.78 is 30.7. The molecule has 0 fully saturated rings. The van der Waals surface area contributed by atoms with Crippen LogP contribution in [0.5, 0.6) is 0 Å². The second-order valence-electron chi connectivity index (χ2n) is 23.3. The highest BCUT2D eigenvalue weighted by atomic mass is 31.2. The van der Waals surface area contributed by atoms with Gasteiger partial charge >= 0.3 is 13.8 Å². The fourth-order valence-electron chi connectivity index (χ4n) is 9.35. The van der Waals surface area contributed by atoms with Crippen molar-refractivity contribution in [3.8, 4) is 0 Å². The average Bonchev–Trinajstić information content (AvgIpc) is 3.39. The molecular weight excluding hydrogens is 976 g/mol. The zero-order valence-corrected chi connectivity index (χ0v) is 52.3. The third-order valence-electron chi connectivity index (χ3n) is 14.4. The van der Waals surface area contributed by atoms with Crippen LogP contribution in [0.1, 0.15) is 303 Å². The maximum Gasteiger partial charge on any atom is 0.472 e. The largest absolute Gasteiger partial charge is 0.472 e. The van der Waals surface area contributed by atoms with Gasteiger partial charge in [0.25, 0.3) is 0 Å². The van der Waals surface area contributed by atoms with Crippen LogP contribution in [0.15, 0.2) is 60.8 Å². The molecule has 77 heavy (non-hydrogen) atoms. The molecule has 0 aliphatic heterocycles. The van der Waals surface area contributed by atoms with Crippen molar-refractivity contribution >= 4 is 19.7 Å². The standard InChI is InChI=1S/C67H125N2O7P/c1-7-10-13-16-19-22-25-27-29-31-32-33-34-35-36-38-40-42-45-48-51-54-57-60-67(71)76-65(58-55-52-49-46-43-24-21-18-15-12-9-3)64(63-75-77(72,73)74-62-61-69(4,5)6)68-66(70)59-56-53-50-47-44-41-39-37-30-28-26-23-20-17-14-11-8-2/h19-20,22-23,27-30,55,58,64-65H,7-18,21,24-26,31-54,56-57,59-63H2,1-6H3,(H-,68,70,72,73)/p+1/b22-19-,23-20-,29-27-,30-28-,58-55-. The highest BCUT2D eigenvalue weighted by Gasteiger charge is 2.30. The molecule has 0 radical (unpaired) electrons. The lowest BCUT2D eigenvalue weighted by Crippen LogP contribution is -2.47. The predicted octanol–water partition coefficient (Wildman–Crippen LogP) is 20.2. The summed E-state index contributed by atoms with van der Waals surface area (Å²) in [5, 5.41) is 3.06. The minimum Gasteiger partial charge on any atom is -0.456 e. The summed E-state index contributed by atoms with van der Waals surface area (Å²) in [7, 11) is 1.49. The van der Waals surface area contributed by atoms with Crippen molar-refractivity contribution in [1.29, 1.82) is 0 Å². The summed E-state index contributed by atoms with van der Waals surface area (Å²) in [6, 6.07) is -0.853. The molecule has 0 aliphatic rings. The number of hydrogen-bond acceptors (Lipinski definition) is 6. The van der Waals surface area contributed by atoms with Gasteiger partial charge in [0.15, 0.2) is 0 Å². The van der Waals surface area contributed by atoms with Crippen LogP contribution in [-0.2, 0) is 27.9 Å². The first-order chi connectivity index (χ1) is 37.4. The van der Waals surface area contributed by atoms with Gasteiger partial charge in [0.2, 0.25) is 5.91 Å². The summed E-state index contributed by atoms with van der Waals surface area (Å²) >= 11 is 0. The normalized spacial score (nSPS) is 14.0. The molecule has 0 spiro atoms. The lowest BCUT2D eigenvalue weighted by atomic mass is 10.0. The van der Waals surface area contributed by atoms with Crippen LogP contribution in [0.25, 0.3) is 0 Å². The van der Waals surface area contributed by atoms with Gasteiger partial charge in [0, 0.05) is 12.8 Å². The maximum absolute atomic E-state index is 13.5. The molecule has 0 bridgehead atoms. The van der Waals surface area contributed by atoms with Crippen LogP contribution >= 0.6 is 7.82 Å². The molecule has 0 saturated heterocycles. The van der Waals surface area contributed by atoms with Crippen molar-refractivity contribution in [2.24, 2.45) is 0 Å². The molecule has 0 heterocycles. The number of esters is 1. The van der Waals surface area contributed by atoms with E-state index >= 15 is 0 Å². The quantitative estimate of drug-likeness (QED) is 0.0205. The van der Waals surface area contributed by atoms with Crippen LogP contribution in [0, 0.1) is 0 Å². The fraction of sp³-hybridized carbons (Fsp3) is 0.821. The molecule has 9 nitrogen and oxygen atoms in total. The molecule has 0 aliphatic carbocycles.